The molecule has 2 aliphatic rings. The van der Waals surface area contributed by atoms with E-state index in [-0.39, 0.29) is 24.4 Å². The second-order valence-corrected chi connectivity index (χ2v) is 6.57. The van der Waals surface area contributed by atoms with E-state index < -0.39 is 0 Å². The van der Waals surface area contributed by atoms with Crippen molar-refractivity contribution in [2.24, 2.45) is 0 Å². The number of hydrogen-bond acceptors (Lipinski definition) is 2. The molecule has 1 N–H and O–H groups in total. The summed E-state index contributed by atoms with van der Waals surface area (Å²) in [6.07, 6.45) is 1.01. The molecule has 1 saturated heterocycles. The topological polar surface area (TPSA) is 32.3 Å². The Balaban J connectivity index is 0.00000169. The van der Waals surface area contributed by atoms with E-state index in [1.165, 1.54) is 11.1 Å². The first-order valence-electron chi connectivity index (χ1n) is 8.43. The van der Waals surface area contributed by atoms with Gasteiger partial charge in [-0.1, -0.05) is 37.3 Å². The van der Waals surface area contributed by atoms with Gasteiger partial charge in [-0.15, -0.1) is 12.4 Å². The van der Waals surface area contributed by atoms with E-state index in [1.54, 1.807) is 0 Å². The Kier molecular flexibility index (Phi) is 4.66. The lowest BCUT2D eigenvalue weighted by atomic mass is 9.81. The number of benzene rings is 2. The lowest BCUT2D eigenvalue weighted by Gasteiger charge is -2.39. The molecule has 2 unspecified atom stereocenters. The van der Waals surface area contributed by atoms with Crippen LogP contribution in [0.3, 0.4) is 0 Å². The Bertz CT molecular complexity index is 760. The molecule has 0 aliphatic carbocycles. The Morgan fingerprint density at radius 2 is 1.92 bits per heavy atom. The lowest BCUT2D eigenvalue weighted by Crippen LogP contribution is -2.48. The fourth-order valence-corrected chi connectivity index (χ4v) is 4.10. The third-order valence-corrected chi connectivity index (χ3v) is 5.21. The van der Waals surface area contributed by atoms with E-state index in [1.807, 2.05) is 35.2 Å². The van der Waals surface area contributed by atoms with E-state index >= 15 is 0 Å². The van der Waals surface area contributed by atoms with Crippen LogP contribution in [0.2, 0.25) is 0 Å². The molecule has 2 aliphatic heterocycles. The first-order chi connectivity index (χ1) is 11.2. The summed E-state index contributed by atoms with van der Waals surface area (Å²) in [4.78, 5) is 15.3. The zero-order valence-corrected chi connectivity index (χ0v) is 14.9. The van der Waals surface area contributed by atoms with Gasteiger partial charge in [0.2, 0.25) is 0 Å². The predicted molar refractivity (Wildman–Crippen MR) is 100 cm³/mol. The fraction of sp³-hybridized carbons (Fsp3) is 0.350. The van der Waals surface area contributed by atoms with Crippen LogP contribution in [0, 0.1) is 6.92 Å². The third kappa shape index (κ3) is 2.52. The SMILES string of the molecule is CCc1cc(C)c2c(c1)C1CNCC1N(c1ccccc1)C2=O.Cl. The Morgan fingerprint density at radius 3 is 2.62 bits per heavy atom. The largest absolute Gasteiger partial charge is 0.314 e. The minimum Gasteiger partial charge on any atom is -0.314 e. The van der Waals surface area contributed by atoms with Crippen LogP contribution in [0.5, 0.6) is 0 Å². The van der Waals surface area contributed by atoms with Crippen molar-refractivity contribution in [1.82, 2.24) is 5.32 Å². The number of halogens is 1. The highest BCUT2D eigenvalue weighted by molar-refractivity contribution is 6.10. The summed E-state index contributed by atoms with van der Waals surface area (Å²) < 4.78 is 0. The average Bonchev–Trinajstić information content (AvgIpc) is 3.04. The number of carbonyl (C=O) groups excluding carboxylic acids is 1. The fourth-order valence-electron chi connectivity index (χ4n) is 4.10. The van der Waals surface area contributed by atoms with Gasteiger partial charge in [0.05, 0.1) is 6.04 Å². The normalized spacial score (nSPS) is 21.9. The molecule has 0 radical (unpaired) electrons. The van der Waals surface area contributed by atoms with Gasteiger partial charge >= 0.3 is 0 Å². The molecule has 0 aromatic heterocycles. The van der Waals surface area contributed by atoms with Gasteiger partial charge in [-0.3, -0.25) is 4.79 Å². The number of nitrogens with zero attached hydrogens (tertiary/aromatic N) is 1. The van der Waals surface area contributed by atoms with Crippen molar-refractivity contribution in [3.8, 4) is 0 Å². The summed E-state index contributed by atoms with van der Waals surface area (Å²) in [5.41, 5.74) is 5.59. The van der Waals surface area contributed by atoms with Crippen LogP contribution in [0.15, 0.2) is 42.5 Å². The van der Waals surface area contributed by atoms with Crippen LogP contribution in [-0.4, -0.2) is 25.0 Å². The van der Waals surface area contributed by atoms with Crippen LogP contribution < -0.4 is 10.2 Å². The number of amides is 1. The number of fused-ring (bicyclic) bond motifs is 3. The van der Waals surface area contributed by atoms with Crippen molar-refractivity contribution in [3.05, 3.63) is 64.7 Å². The van der Waals surface area contributed by atoms with Gasteiger partial charge in [-0.2, -0.15) is 0 Å². The standard InChI is InChI=1S/C20H22N2O.ClH/c1-3-14-9-13(2)19-16(10-14)17-11-21-12-18(17)22(20(19)23)15-7-5-4-6-8-15;/h4-10,17-18,21H,3,11-12H2,1-2H3;1H. The maximum absolute atomic E-state index is 13.3. The number of aryl methyl sites for hydroxylation is 2. The quantitative estimate of drug-likeness (QED) is 0.902. The van der Waals surface area contributed by atoms with Gasteiger partial charge in [0.15, 0.2) is 0 Å². The van der Waals surface area contributed by atoms with E-state index in [0.717, 1.165) is 36.3 Å². The molecule has 2 aromatic rings. The van der Waals surface area contributed by atoms with E-state index in [9.17, 15) is 4.79 Å². The average molecular weight is 343 g/mol. The molecular weight excluding hydrogens is 320 g/mol. The molecule has 0 bridgehead atoms. The van der Waals surface area contributed by atoms with E-state index in [4.69, 9.17) is 0 Å². The third-order valence-electron chi connectivity index (χ3n) is 5.21. The summed E-state index contributed by atoms with van der Waals surface area (Å²) in [5, 5.41) is 3.49. The Morgan fingerprint density at radius 1 is 1.17 bits per heavy atom. The number of nitrogens with one attached hydrogen (secondary N) is 1. The molecular formula is C20H23ClN2O. The van der Waals surface area contributed by atoms with Crippen LogP contribution in [0.1, 0.15) is 39.9 Å². The summed E-state index contributed by atoms with van der Waals surface area (Å²) in [5.74, 6) is 0.532. The minimum absolute atomic E-state index is 0. The number of hydrogen-bond donors (Lipinski definition) is 1. The molecule has 3 nitrogen and oxygen atoms in total. The number of carbonyl (C=O) groups is 1. The summed E-state index contributed by atoms with van der Waals surface area (Å²) in [7, 11) is 0. The monoisotopic (exact) mass is 342 g/mol. The molecule has 24 heavy (non-hydrogen) atoms. The number of para-hydroxylation sites is 1. The molecule has 126 valence electrons. The van der Waals surface area contributed by atoms with Crippen LogP contribution in [0.4, 0.5) is 5.69 Å². The van der Waals surface area contributed by atoms with Gasteiger partial charge in [0, 0.05) is 30.3 Å². The highest BCUT2D eigenvalue weighted by Crippen LogP contribution is 2.39. The van der Waals surface area contributed by atoms with Gasteiger partial charge < -0.3 is 10.2 Å². The first-order valence-corrected chi connectivity index (χ1v) is 8.43. The zero-order valence-electron chi connectivity index (χ0n) is 14.1. The summed E-state index contributed by atoms with van der Waals surface area (Å²) in [6, 6.07) is 14.7. The second kappa shape index (κ2) is 6.58. The zero-order chi connectivity index (χ0) is 16.0. The van der Waals surface area contributed by atoms with E-state index in [0.29, 0.717) is 5.92 Å². The first kappa shape index (κ1) is 17.0. The Hall–Kier alpha value is -1.84. The highest BCUT2D eigenvalue weighted by Gasteiger charge is 2.43. The van der Waals surface area contributed by atoms with Crippen LogP contribution in [-0.2, 0) is 6.42 Å². The van der Waals surface area contributed by atoms with Crippen molar-refractivity contribution in [3.63, 3.8) is 0 Å². The maximum atomic E-state index is 13.3. The van der Waals surface area contributed by atoms with Crippen molar-refractivity contribution in [2.75, 3.05) is 18.0 Å². The molecule has 4 rings (SSSR count). The molecule has 0 spiro atoms. The van der Waals surface area contributed by atoms with Gasteiger partial charge in [0.25, 0.3) is 5.91 Å². The molecule has 2 aromatic carbocycles. The molecule has 1 fully saturated rings. The lowest BCUT2D eigenvalue weighted by molar-refractivity contribution is 0.0965. The summed E-state index contributed by atoms with van der Waals surface area (Å²) >= 11 is 0. The predicted octanol–water partition coefficient (Wildman–Crippen LogP) is 3.70. The second-order valence-electron chi connectivity index (χ2n) is 6.57. The molecule has 1 amide bonds. The molecule has 2 atom stereocenters. The molecule has 4 heteroatoms. The van der Waals surface area contributed by atoms with Crippen LogP contribution >= 0.6 is 12.4 Å². The van der Waals surface area contributed by atoms with Crippen molar-refractivity contribution >= 4 is 24.0 Å². The van der Waals surface area contributed by atoms with Gasteiger partial charge in [-0.05, 0) is 42.2 Å². The van der Waals surface area contributed by atoms with Crippen molar-refractivity contribution in [1.29, 1.82) is 0 Å². The van der Waals surface area contributed by atoms with E-state index in [2.05, 4.69) is 31.3 Å². The Labute approximate surface area is 149 Å². The number of rotatable bonds is 2. The van der Waals surface area contributed by atoms with Gasteiger partial charge in [0.1, 0.15) is 0 Å². The molecule has 2 heterocycles. The molecule has 0 saturated carbocycles. The highest BCUT2D eigenvalue weighted by atomic mass is 35.5. The van der Waals surface area contributed by atoms with Crippen molar-refractivity contribution in [2.45, 2.75) is 32.2 Å². The van der Waals surface area contributed by atoms with Gasteiger partial charge in [-0.25, -0.2) is 0 Å². The van der Waals surface area contributed by atoms with Crippen LogP contribution in [0.25, 0.3) is 0 Å². The minimum atomic E-state index is 0. The summed E-state index contributed by atoms with van der Waals surface area (Å²) in [6.45, 7) is 6.05. The smallest absolute Gasteiger partial charge is 0.259 e. The van der Waals surface area contributed by atoms with Crippen molar-refractivity contribution < 1.29 is 4.79 Å². The number of anilines is 1. The maximum Gasteiger partial charge on any atom is 0.259 e.